The maximum absolute atomic E-state index is 13.0. The van der Waals surface area contributed by atoms with Gasteiger partial charge in [-0.3, -0.25) is 0 Å². The van der Waals surface area contributed by atoms with Gasteiger partial charge in [-0.05, 0) is 42.5 Å². The standard InChI is InChI=1S/C16H11FN2O3/c17-11-6-4-10(5-7-11)14-9-15(16(21)22)19(18-14)12-2-1-3-13(20)8-12/h1-9,20H,(H,21,22). The molecule has 1 aromatic heterocycles. The van der Waals surface area contributed by atoms with Crippen LogP contribution < -0.4 is 0 Å². The summed E-state index contributed by atoms with van der Waals surface area (Å²) >= 11 is 0. The first-order chi connectivity index (χ1) is 10.5. The molecule has 0 bridgehead atoms. The Morgan fingerprint density at radius 3 is 2.45 bits per heavy atom. The van der Waals surface area contributed by atoms with Crippen molar-refractivity contribution in [1.29, 1.82) is 0 Å². The third-order valence-electron chi connectivity index (χ3n) is 3.14. The molecule has 0 atom stereocenters. The second-order valence-electron chi connectivity index (χ2n) is 4.66. The molecule has 2 N–H and O–H groups in total. The summed E-state index contributed by atoms with van der Waals surface area (Å²) in [5, 5.41) is 23.1. The molecular weight excluding hydrogens is 287 g/mol. The Labute approximate surface area is 124 Å². The molecule has 1 heterocycles. The highest BCUT2D eigenvalue weighted by atomic mass is 19.1. The maximum Gasteiger partial charge on any atom is 0.354 e. The number of aromatic nitrogens is 2. The minimum atomic E-state index is -1.15. The van der Waals surface area contributed by atoms with Gasteiger partial charge in [0.25, 0.3) is 0 Å². The van der Waals surface area contributed by atoms with Gasteiger partial charge in [-0.25, -0.2) is 13.9 Å². The second kappa shape index (κ2) is 5.33. The molecule has 5 nitrogen and oxygen atoms in total. The Kier molecular flexibility index (Phi) is 3.34. The summed E-state index contributed by atoms with van der Waals surface area (Å²) in [6, 6.07) is 13.1. The molecule has 0 fully saturated rings. The molecule has 0 amide bonds. The molecule has 0 radical (unpaired) electrons. The van der Waals surface area contributed by atoms with Crippen molar-refractivity contribution in [2.75, 3.05) is 0 Å². The third-order valence-corrected chi connectivity index (χ3v) is 3.14. The fourth-order valence-electron chi connectivity index (χ4n) is 2.12. The molecule has 0 aliphatic heterocycles. The van der Waals surface area contributed by atoms with Crippen LogP contribution in [0.25, 0.3) is 16.9 Å². The van der Waals surface area contributed by atoms with Gasteiger partial charge in [0.05, 0.1) is 11.4 Å². The first-order valence-electron chi connectivity index (χ1n) is 6.43. The smallest absolute Gasteiger partial charge is 0.354 e. The molecule has 0 saturated heterocycles. The van der Waals surface area contributed by atoms with Crippen LogP contribution >= 0.6 is 0 Å². The van der Waals surface area contributed by atoms with E-state index in [1.807, 2.05) is 0 Å². The average molecular weight is 298 g/mol. The van der Waals surface area contributed by atoms with Gasteiger partial charge < -0.3 is 10.2 Å². The first-order valence-corrected chi connectivity index (χ1v) is 6.43. The second-order valence-corrected chi connectivity index (χ2v) is 4.66. The Hall–Kier alpha value is -3.15. The topological polar surface area (TPSA) is 75.3 Å². The molecule has 0 spiro atoms. The monoisotopic (exact) mass is 298 g/mol. The normalized spacial score (nSPS) is 10.6. The molecule has 0 aliphatic carbocycles. The Balaban J connectivity index is 2.14. The van der Waals surface area contributed by atoms with Crippen LogP contribution in [0.2, 0.25) is 0 Å². The summed E-state index contributed by atoms with van der Waals surface area (Å²) in [6.45, 7) is 0. The third kappa shape index (κ3) is 2.54. The van der Waals surface area contributed by atoms with Gasteiger partial charge in [-0.2, -0.15) is 5.10 Å². The number of aromatic carboxylic acids is 1. The molecule has 0 unspecified atom stereocenters. The lowest BCUT2D eigenvalue weighted by Crippen LogP contribution is -2.07. The number of phenolic OH excluding ortho intramolecular Hbond substituents is 1. The van der Waals surface area contributed by atoms with Crippen molar-refractivity contribution in [1.82, 2.24) is 9.78 Å². The SMILES string of the molecule is O=C(O)c1cc(-c2ccc(F)cc2)nn1-c1cccc(O)c1. The molecule has 2 aromatic carbocycles. The van der Waals surface area contributed by atoms with Crippen molar-refractivity contribution in [2.24, 2.45) is 0 Å². The molecular formula is C16H11FN2O3. The van der Waals surface area contributed by atoms with E-state index in [1.54, 1.807) is 12.1 Å². The quantitative estimate of drug-likeness (QED) is 0.779. The largest absolute Gasteiger partial charge is 0.508 e. The van der Waals surface area contributed by atoms with E-state index in [-0.39, 0.29) is 17.3 Å². The van der Waals surface area contributed by atoms with Gasteiger partial charge in [-0.15, -0.1) is 0 Å². The van der Waals surface area contributed by atoms with Crippen LogP contribution in [-0.4, -0.2) is 26.0 Å². The summed E-state index contributed by atoms with van der Waals surface area (Å²) in [7, 11) is 0. The van der Waals surface area contributed by atoms with E-state index < -0.39 is 5.97 Å². The lowest BCUT2D eigenvalue weighted by Gasteiger charge is -2.04. The first kappa shape index (κ1) is 13.8. The summed E-state index contributed by atoms with van der Waals surface area (Å²) in [5.41, 5.74) is 1.37. The Bertz CT molecular complexity index is 841. The number of carbonyl (C=O) groups is 1. The Morgan fingerprint density at radius 2 is 1.82 bits per heavy atom. The maximum atomic E-state index is 13.0. The van der Waals surface area contributed by atoms with E-state index in [0.29, 0.717) is 16.9 Å². The van der Waals surface area contributed by atoms with Crippen molar-refractivity contribution in [3.05, 3.63) is 66.1 Å². The number of halogens is 1. The number of hydrogen-bond acceptors (Lipinski definition) is 3. The van der Waals surface area contributed by atoms with Gasteiger partial charge >= 0.3 is 5.97 Å². The molecule has 3 rings (SSSR count). The van der Waals surface area contributed by atoms with E-state index in [2.05, 4.69) is 5.10 Å². The van der Waals surface area contributed by atoms with Crippen LogP contribution in [-0.2, 0) is 0 Å². The highest BCUT2D eigenvalue weighted by molar-refractivity contribution is 5.88. The van der Waals surface area contributed by atoms with Crippen LogP contribution in [0.5, 0.6) is 5.75 Å². The fraction of sp³-hybridized carbons (Fsp3) is 0. The van der Waals surface area contributed by atoms with E-state index in [4.69, 9.17) is 0 Å². The highest BCUT2D eigenvalue weighted by Crippen LogP contribution is 2.23. The van der Waals surface area contributed by atoms with Crippen molar-refractivity contribution in [3.63, 3.8) is 0 Å². The molecule has 0 saturated carbocycles. The molecule has 110 valence electrons. The van der Waals surface area contributed by atoms with E-state index in [0.717, 1.165) is 0 Å². The van der Waals surface area contributed by atoms with Crippen LogP contribution in [0.4, 0.5) is 4.39 Å². The lowest BCUT2D eigenvalue weighted by molar-refractivity contribution is 0.0687. The van der Waals surface area contributed by atoms with Gasteiger partial charge in [0.2, 0.25) is 0 Å². The average Bonchev–Trinajstić information content (AvgIpc) is 2.93. The zero-order valence-corrected chi connectivity index (χ0v) is 11.3. The van der Waals surface area contributed by atoms with Crippen molar-refractivity contribution >= 4 is 5.97 Å². The van der Waals surface area contributed by atoms with Gasteiger partial charge in [-0.1, -0.05) is 6.07 Å². The van der Waals surface area contributed by atoms with Gasteiger partial charge in [0.15, 0.2) is 5.69 Å². The van der Waals surface area contributed by atoms with Crippen molar-refractivity contribution in [3.8, 4) is 22.7 Å². The summed E-state index contributed by atoms with van der Waals surface area (Å²) < 4.78 is 14.2. The van der Waals surface area contributed by atoms with Crippen molar-refractivity contribution in [2.45, 2.75) is 0 Å². The molecule has 6 heteroatoms. The number of aromatic hydroxyl groups is 1. The zero-order chi connectivity index (χ0) is 15.7. The number of rotatable bonds is 3. The van der Waals surface area contributed by atoms with E-state index in [1.165, 1.54) is 47.1 Å². The number of hydrogen-bond donors (Lipinski definition) is 2. The summed E-state index contributed by atoms with van der Waals surface area (Å²) in [5.74, 6) is -1.52. The highest BCUT2D eigenvalue weighted by Gasteiger charge is 2.17. The van der Waals surface area contributed by atoms with Crippen LogP contribution in [0.1, 0.15) is 10.5 Å². The summed E-state index contributed by atoms with van der Waals surface area (Å²) in [6.07, 6.45) is 0. The molecule has 0 aliphatic rings. The Morgan fingerprint density at radius 1 is 1.09 bits per heavy atom. The van der Waals surface area contributed by atoms with Crippen LogP contribution in [0.15, 0.2) is 54.6 Å². The fourth-order valence-corrected chi connectivity index (χ4v) is 2.12. The number of carboxylic acids is 1. The number of nitrogens with zero attached hydrogens (tertiary/aromatic N) is 2. The number of benzene rings is 2. The van der Waals surface area contributed by atoms with E-state index in [9.17, 15) is 19.4 Å². The van der Waals surface area contributed by atoms with E-state index >= 15 is 0 Å². The predicted molar refractivity (Wildman–Crippen MR) is 77.6 cm³/mol. The zero-order valence-electron chi connectivity index (χ0n) is 11.3. The van der Waals surface area contributed by atoms with Crippen LogP contribution in [0.3, 0.4) is 0 Å². The van der Waals surface area contributed by atoms with Crippen LogP contribution in [0, 0.1) is 5.82 Å². The van der Waals surface area contributed by atoms with Gasteiger partial charge in [0.1, 0.15) is 11.6 Å². The lowest BCUT2D eigenvalue weighted by atomic mass is 10.1. The van der Waals surface area contributed by atoms with Crippen molar-refractivity contribution < 1.29 is 19.4 Å². The number of carboxylic acid groups (broad SMARTS) is 1. The van der Waals surface area contributed by atoms with Gasteiger partial charge in [0, 0.05) is 11.6 Å². The minimum absolute atomic E-state index is 0.00710. The molecule has 22 heavy (non-hydrogen) atoms. The minimum Gasteiger partial charge on any atom is -0.508 e. The summed E-state index contributed by atoms with van der Waals surface area (Å²) in [4.78, 5) is 11.4. The molecule has 3 aromatic rings. The predicted octanol–water partition coefficient (Wildman–Crippen LogP) is 3.08. The number of phenols is 1.